The molecule has 0 unspecified atom stereocenters. The Morgan fingerprint density at radius 3 is 0.653 bits per heavy atom. The molecule has 15 rings (SSSR count). The van der Waals surface area contributed by atoms with E-state index >= 15 is 0 Å². The predicted octanol–water partition coefficient (Wildman–Crippen LogP) is 24.5. The van der Waals surface area contributed by atoms with Crippen molar-refractivity contribution in [3.05, 3.63) is 289 Å². The Morgan fingerprint density at radius 2 is 0.398 bits per heavy atom. The molecule has 0 amide bonds. The molecule has 6 nitrogen and oxygen atoms in total. The van der Waals surface area contributed by atoms with Gasteiger partial charge < -0.3 is 0 Å². The maximum Gasteiger partial charge on any atom is 0.164 e. The fourth-order valence-corrected chi connectivity index (χ4v) is 13.8. The molecule has 0 bridgehead atoms. The van der Waals surface area contributed by atoms with Gasteiger partial charge in [0.1, 0.15) is 0 Å². The van der Waals surface area contributed by atoms with Crippen molar-refractivity contribution in [3.63, 3.8) is 0 Å². The van der Waals surface area contributed by atoms with Crippen LogP contribution in [0, 0.1) is 0 Å². The van der Waals surface area contributed by atoms with Crippen LogP contribution in [-0.2, 0) is 21.7 Å². The maximum absolute atomic E-state index is 5.22. The largest absolute Gasteiger partial charge is 0.208 e. The molecule has 2 heterocycles. The smallest absolute Gasteiger partial charge is 0.164 e. The highest BCUT2D eigenvalue weighted by molar-refractivity contribution is 6.33. The van der Waals surface area contributed by atoms with E-state index in [-0.39, 0.29) is 21.7 Å². The second-order valence-corrected chi connectivity index (χ2v) is 30.3. The van der Waals surface area contributed by atoms with Gasteiger partial charge >= 0.3 is 0 Å². The zero-order valence-corrected chi connectivity index (χ0v) is 58.1. The van der Waals surface area contributed by atoms with Gasteiger partial charge in [-0.25, -0.2) is 29.9 Å². The van der Waals surface area contributed by atoms with Crippen molar-refractivity contribution in [1.82, 2.24) is 29.9 Å². The van der Waals surface area contributed by atoms with E-state index in [0.717, 1.165) is 66.8 Å². The Bertz CT molecular complexity index is 5030. The number of aromatic nitrogens is 6. The zero-order chi connectivity index (χ0) is 67.8. The molecule has 0 atom stereocenters. The molecule has 0 saturated carbocycles. The fraction of sp³-hybridized carbons (Fsp3) is 0.174. The monoisotopic (exact) mass is 1270 g/mol. The Kier molecular flexibility index (Phi) is 15.8. The Balaban J connectivity index is 0.867. The van der Waals surface area contributed by atoms with Crippen LogP contribution < -0.4 is 0 Å². The summed E-state index contributed by atoms with van der Waals surface area (Å²) in [6.45, 7) is 26.9. The molecule has 0 radical (unpaired) electrons. The first-order valence-electron chi connectivity index (χ1n) is 34.2. The highest BCUT2D eigenvalue weighted by Gasteiger charge is 2.26. The number of fused-ring (bicyclic) bond motifs is 6. The molecule has 2 aromatic heterocycles. The average Bonchev–Trinajstić information content (AvgIpc) is 0.705. The van der Waals surface area contributed by atoms with Crippen LogP contribution in [0.2, 0.25) is 0 Å². The highest BCUT2D eigenvalue weighted by Crippen LogP contribution is 2.52. The number of hydrogen-bond acceptors (Lipinski definition) is 6. The molecule has 0 saturated heterocycles. The first-order valence-corrected chi connectivity index (χ1v) is 34.2. The summed E-state index contributed by atoms with van der Waals surface area (Å²) in [6, 6.07) is 97.2. The maximum atomic E-state index is 5.22. The van der Waals surface area contributed by atoms with Crippen molar-refractivity contribution in [1.29, 1.82) is 0 Å². The molecule has 0 spiro atoms. The van der Waals surface area contributed by atoms with Gasteiger partial charge in [-0.3, -0.25) is 0 Å². The summed E-state index contributed by atoms with van der Waals surface area (Å²) in [5, 5.41) is 9.50. The lowest BCUT2D eigenvalue weighted by Crippen LogP contribution is -2.11. The van der Waals surface area contributed by atoms with Crippen LogP contribution in [0.1, 0.15) is 105 Å². The third-order valence-corrected chi connectivity index (χ3v) is 19.5. The quantitative estimate of drug-likeness (QED) is 0.100. The predicted molar refractivity (Wildman–Crippen MR) is 412 cm³/mol. The summed E-state index contributed by atoms with van der Waals surface area (Å²) in [7, 11) is 0. The van der Waals surface area contributed by atoms with Crippen LogP contribution in [0.25, 0.3) is 156 Å². The molecule has 98 heavy (non-hydrogen) atoms. The SMILES string of the molecule is CC(C)(C)c1ccc(-c2nc(-c3ccc(-c4ccccc4-c4c5ccc6ccccc6c5c(-c5ccccc5-c5ccc(-c6nc(-c7ccc(C(C)(C)C)cc7)nc(-c7ccc(C(C)(C)C)cc7)n6)cc5)c5ccc6ccccc6c45)cc3)nc(-c3ccc(C(C)(C)C)cc3)n2)cc1. The van der Waals surface area contributed by atoms with Gasteiger partial charge in [-0.2, -0.15) is 0 Å². The van der Waals surface area contributed by atoms with E-state index in [0.29, 0.717) is 34.9 Å². The van der Waals surface area contributed by atoms with E-state index in [9.17, 15) is 0 Å². The first kappa shape index (κ1) is 63.0. The Hall–Kier alpha value is -11.1. The van der Waals surface area contributed by atoms with Gasteiger partial charge in [0.05, 0.1) is 0 Å². The van der Waals surface area contributed by atoms with Gasteiger partial charge in [-0.15, -0.1) is 0 Å². The van der Waals surface area contributed by atoms with Crippen LogP contribution >= 0.6 is 0 Å². The topological polar surface area (TPSA) is 77.3 Å². The van der Waals surface area contributed by atoms with Crippen molar-refractivity contribution < 1.29 is 0 Å². The molecule has 13 aromatic carbocycles. The molecule has 6 heteroatoms. The summed E-state index contributed by atoms with van der Waals surface area (Å²) in [6.07, 6.45) is 0. The van der Waals surface area contributed by atoms with Crippen LogP contribution in [0.4, 0.5) is 0 Å². The lowest BCUT2D eigenvalue weighted by molar-refractivity contribution is 0.590. The minimum absolute atomic E-state index is 0.00983. The first-order chi connectivity index (χ1) is 47.1. The van der Waals surface area contributed by atoms with Gasteiger partial charge in [-0.1, -0.05) is 350 Å². The van der Waals surface area contributed by atoms with Crippen LogP contribution in [-0.4, -0.2) is 29.9 Å². The second-order valence-electron chi connectivity index (χ2n) is 30.3. The van der Waals surface area contributed by atoms with E-state index < -0.39 is 0 Å². The summed E-state index contributed by atoms with van der Waals surface area (Å²) in [5.74, 6) is 3.79. The summed E-state index contributed by atoms with van der Waals surface area (Å²) in [5.41, 5.74) is 19.8. The molecule has 0 fully saturated rings. The minimum Gasteiger partial charge on any atom is -0.208 e. The van der Waals surface area contributed by atoms with Crippen molar-refractivity contribution in [3.8, 4) is 113 Å². The summed E-state index contributed by atoms with van der Waals surface area (Å²) in [4.78, 5) is 31.2. The van der Waals surface area contributed by atoms with E-state index in [1.165, 1.54) is 76.5 Å². The second kappa shape index (κ2) is 24.5. The molecule has 0 aliphatic heterocycles. The van der Waals surface area contributed by atoms with Gasteiger partial charge in [0, 0.05) is 33.4 Å². The van der Waals surface area contributed by atoms with Gasteiger partial charge in [0.25, 0.3) is 0 Å². The lowest BCUT2D eigenvalue weighted by atomic mass is 9.79. The number of benzene rings is 13. The van der Waals surface area contributed by atoms with Gasteiger partial charge in [0.2, 0.25) is 0 Å². The van der Waals surface area contributed by atoms with E-state index in [1.54, 1.807) is 0 Å². The third-order valence-electron chi connectivity index (χ3n) is 19.5. The highest BCUT2D eigenvalue weighted by atomic mass is 15.0. The van der Waals surface area contributed by atoms with Crippen molar-refractivity contribution in [2.45, 2.75) is 105 Å². The zero-order valence-electron chi connectivity index (χ0n) is 58.1. The molecule has 0 aliphatic carbocycles. The molecule has 15 aromatic rings. The molecular weight excluding hydrogens is 1190 g/mol. The minimum atomic E-state index is 0.00983. The van der Waals surface area contributed by atoms with Crippen LogP contribution in [0.5, 0.6) is 0 Å². The Labute approximate surface area is 576 Å². The van der Waals surface area contributed by atoms with Crippen molar-refractivity contribution in [2.75, 3.05) is 0 Å². The number of nitrogens with zero attached hydrogens (tertiary/aromatic N) is 6. The van der Waals surface area contributed by atoms with Gasteiger partial charge in [-0.05, 0) is 132 Å². The van der Waals surface area contributed by atoms with Crippen molar-refractivity contribution >= 4 is 43.1 Å². The van der Waals surface area contributed by atoms with E-state index in [2.05, 4.69) is 350 Å². The Morgan fingerprint density at radius 1 is 0.184 bits per heavy atom. The van der Waals surface area contributed by atoms with Crippen molar-refractivity contribution in [2.24, 2.45) is 0 Å². The summed E-state index contributed by atoms with van der Waals surface area (Å²) >= 11 is 0. The van der Waals surface area contributed by atoms with Crippen LogP contribution in [0.3, 0.4) is 0 Å². The molecule has 0 aliphatic rings. The number of hydrogen-bond donors (Lipinski definition) is 0. The molecular formula is C92H80N6. The average molecular weight is 1270 g/mol. The normalized spacial score (nSPS) is 12.3. The fourth-order valence-electron chi connectivity index (χ4n) is 13.8. The third kappa shape index (κ3) is 12.0. The standard InChI is InChI=1S/C92H80N6/c1-89(2,3)67-47-37-63(38-48-67)85-93-83(94-86(97-85)64-39-49-68(50-40-64)90(4,5)6)61-33-29-59(30-34-61)71-23-17-19-27-75(71)81-77-55-45-58-22-14-16-26-74(58)80(77)82(78-56-46-57-21-13-15-25-73(57)79(78)81)76-28-20-18-24-72(76)60-31-35-62(36-32-60)84-95-87(65-41-51-69(52-42-65)91(7,8)9)98-88(96-84)66-43-53-70(54-44-66)92(10,11)12/h13-56H,1-12H3. The van der Waals surface area contributed by atoms with E-state index in [4.69, 9.17) is 29.9 Å². The molecule has 478 valence electrons. The van der Waals surface area contributed by atoms with Gasteiger partial charge in [0.15, 0.2) is 34.9 Å². The van der Waals surface area contributed by atoms with Crippen LogP contribution in [0.15, 0.2) is 267 Å². The molecule has 0 N–H and O–H groups in total. The lowest BCUT2D eigenvalue weighted by Gasteiger charge is -2.23. The summed E-state index contributed by atoms with van der Waals surface area (Å²) < 4.78 is 0. The number of rotatable bonds is 10. The van der Waals surface area contributed by atoms with E-state index in [1.807, 2.05) is 0 Å².